The number of carbonyl (C=O) groups is 1. The van der Waals surface area contributed by atoms with Gasteiger partial charge in [-0.2, -0.15) is 0 Å². The number of unbranched alkanes of at least 4 members (excludes halogenated alkanes) is 21. The summed E-state index contributed by atoms with van der Waals surface area (Å²) in [6, 6.07) is -0.938. The number of nitrogens with one attached hydrogen (secondary N) is 1. The van der Waals surface area contributed by atoms with Gasteiger partial charge in [-0.1, -0.05) is 165 Å². The number of amides is 1. The van der Waals surface area contributed by atoms with Gasteiger partial charge in [0, 0.05) is 6.42 Å². The molecule has 2 heterocycles. The Labute approximate surface area is 403 Å². The first-order valence-corrected chi connectivity index (χ1v) is 26.4. The van der Waals surface area contributed by atoms with Crippen molar-refractivity contribution in [3.63, 3.8) is 0 Å². The van der Waals surface area contributed by atoms with E-state index in [2.05, 4.69) is 55.6 Å². The maximum absolute atomic E-state index is 13.2. The molecule has 0 saturated carbocycles. The van der Waals surface area contributed by atoms with Crippen molar-refractivity contribution in [2.75, 3.05) is 19.8 Å². The number of aliphatic hydroxyl groups excluding tert-OH is 8. The highest BCUT2D eigenvalue weighted by molar-refractivity contribution is 5.76. The van der Waals surface area contributed by atoms with Crippen LogP contribution in [-0.4, -0.2) is 140 Å². The van der Waals surface area contributed by atoms with Gasteiger partial charge >= 0.3 is 0 Å². The number of allylic oxidation sites excluding steroid dienone is 7. The monoisotopic (exact) mass is 954 g/mol. The lowest BCUT2D eigenvalue weighted by atomic mass is 9.97. The summed E-state index contributed by atoms with van der Waals surface area (Å²) in [5, 5.41) is 86.8. The second kappa shape index (κ2) is 39.6. The highest BCUT2D eigenvalue weighted by Gasteiger charge is 2.51. The van der Waals surface area contributed by atoms with E-state index in [-0.39, 0.29) is 18.9 Å². The average Bonchev–Trinajstić information content (AvgIpc) is 3.32. The molecule has 2 aliphatic heterocycles. The van der Waals surface area contributed by atoms with Gasteiger partial charge in [0.25, 0.3) is 0 Å². The number of aliphatic hydroxyl groups is 8. The van der Waals surface area contributed by atoms with E-state index in [4.69, 9.17) is 18.9 Å². The van der Waals surface area contributed by atoms with Crippen molar-refractivity contribution in [3.05, 3.63) is 48.6 Å². The molecule has 0 aliphatic carbocycles. The predicted molar refractivity (Wildman–Crippen MR) is 263 cm³/mol. The van der Waals surface area contributed by atoms with Crippen LogP contribution in [0.5, 0.6) is 0 Å². The van der Waals surface area contributed by atoms with Crippen molar-refractivity contribution in [1.82, 2.24) is 5.32 Å². The molecule has 1 amide bonds. The smallest absolute Gasteiger partial charge is 0.220 e. The van der Waals surface area contributed by atoms with E-state index in [9.17, 15) is 45.6 Å². The average molecular weight is 954 g/mol. The van der Waals surface area contributed by atoms with Crippen molar-refractivity contribution >= 4 is 5.91 Å². The molecule has 14 nitrogen and oxygen atoms in total. The van der Waals surface area contributed by atoms with Gasteiger partial charge in [-0.25, -0.2) is 0 Å². The highest BCUT2D eigenvalue weighted by atomic mass is 16.7. The number of rotatable bonds is 40. The summed E-state index contributed by atoms with van der Waals surface area (Å²) >= 11 is 0. The van der Waals surface area contributed by atoms with Gasteiger partial charge in [-0.05, 0) is 64.2 Å². The Morgan fingerprint density at radius 2 is 1.00 bits per heavy atom. The van der Waals surface area contributed by atoms with E-state index < -0.39 is 86.8 Å². The van der Waals surface area contributed by atoms with Crippen molar-refractivity contribution in [3.8, 4) is 0 Å². The number of ether oxygens (including phenoxy) is 4. The van der Waals surface area contributed by atoms with Gasteiger partial charge in [0.1, 0.15) is 48.8 Å². The highest BCUT2D eigenvalue weighted by Crippen LogP contribution is 2.30. The molecule has 67 heavy (non-hydrogen) atoms. The summed E-state index contributed by atoms with van der Waals surface area (Å²) in [6.45, 7) is 2.73. The minimum absolute atomic E-state index is 0.256. The van der Waals surface area contributed by atoms with Crippen LogP contribution in [0.1, 0.15) is 187 Å². The van der Waals surface area contributed by atoms with Crippen LogP contribution in [0.15, 0.2) is 48.6 Å². The minimum Gasteiger partial charge on any atom is -0.394 e. The number of hydrogen-bond donors (Lipinski definition) is 9. The molecular weight excluding hydrogens is 859 g/mol. The quantitative estimate of drug-likeness (QED) is 0.0218. The molecule has 12 unspecified atom stereocenters. The third-order valence-corrected chi connectivity index (χ3v) is 12.7. The van der Waals surface area contributed by atoms with Gasteiger partial charge in [0.15, 0.2) is 12.6 Å². The molecule has 0 radical (unpaired) electrons. The Morgan fingerprint density at radius 1 is 0.537 bits per heavy atom. The second-order valence-electron chi connectivity index (χ2n) is 18.6. The van der Waals surface area contributed by atoms with Crippen LogP contribution < -0.4 is 5.32 Å². The minimum atomic E-state index is -1.79. The lowest BCUT2D eigenvalue weighted by Gasteiger charge is -2.46. The first kappa shape index (κ1) is 61.1. The van der Waals surface area contributed by atoms with E-state index >= 15 is 0 Å². The molecule has 0 aromatic heterocycles. The molecule has 0 aromatic carbocycles. The summed E-state index contributed by atoms with van der Waals surface area (Å²) in [5.41, 5.74) is 0. The van der Waals surface area contributed by atoms with Crippen LogP contribution >= 0.6 is 0 Å². The summed E-state index contributed by atoms with van der Waals surface area (Å²) in [4.78, 5) is 13.2. The van der Waals surface area contributed by atoms with Crippen molar-refractivity contribution in [1.29, 1.82) is 0 Å². The van der Waals surface area contributed by atoms with Crippen molar-refractivity contribution < 1.29 is 64.6 Å². The maximum Gasteiger partial charge on any atom is 0.220 e. The maximum atomic E-state index is 13.2. The molecule has 0 bridgehead atoms. The largest absolute Gasteiger partial charge is 0.394 e. The Kier molecular flexibility index (Phi) is 36.1. The Balaban J connectivity index is 1.87. The standard InChI is InChI=1S/C53H95NO13/c1-3-5-7-9-11-13-15-17-19-21-22-24-26-28-30-32-34-36-42(57)41(54-45(58)37-35-33-31-29-27-25-23-20-18-16-14-12-10-8-6-4-2)40-64-52-50(63)48(61)51(44(39-56)66-52)67-53-49(62)47(60)46(59)43(38-55)65-53/h14,16,20,23,26,28,34,36,41-44,46-53,55-57,59-63H,3-13,15,17-19,21-22,24-25,27,29-33,35,37-40H2,1-2H3,(H,54,58)/b16-14-,23-20-,28-26+,36-34+. The third-order valence-electron chi connectivity index (χ3n) is 12.7. The van der Waals surface area contributed by atoms with Crippen LogP contribution in [0, 0.1) is 0 Å². The third kappa shape index (κ3) is 26.7. The van der Waals surface area contributed by atoms with Gasteiger partial charge in [-0.15, -0.1) is 0 Å². The topological polar surface area (TPSA) is 228 Å². The van der Waals surface area contributed by atoms with E-state index in [0.29, 0.717) is 12.8 Å². The predicted octanol–water partition coefficient (Wildman–Crippen LogP) is 7.27. The summed E-state index contributed by atoms with van der Waals surface area (Å²) in [7, 11) is 0. The summed E-state index contributed by atoms with van der Waals surface area (Å²) in [5.74, 6) is -0.265. The Morgan fingerprint density at radius 3 is 1.57 bits per heavy atom. The van der Waals surface area contributed by atoms with Gasteiger partial charge in [0.05, 0.1) is 32.0 Å². The molecule has 2 rings (SSSR count). The van der Waals surface area contributed by atoms with Gasteiger partial charge in [-0.3, -0.25) is 4.79 Å². The molecule has 14 heteroatoms. The SMILES string of the molecule is CCCCCC/C=C\C/C=C\CCCCCCCC(=O)NC(COC1OC(CO)C(OC2OC(CO)C(O)C(O)C2O)C(O)C1O)C(O)/C=C/CC/C=C/CCCCCCCCCCCCC. The van der Waals surface area contributed by atoms with Crippen molar-refractivity contribution in [2.24, 2.45) is 0 Å². The van der Waals surface area contributed by atoms with Crippen LogP contribution in [0.3, 0.4) is 0 Å². The lowest BCUT2D eigenvalue weighted by Crippen LogP contribution is -2.65. The zero-order chi connectivity index (χ0) is 48.9. The Bertz CT molecular complexity index is 1310. The number of carbonyl (C=O) groups excluding carboxylic acids is 1. The van der Waals surface area contributed by atoms with E-state index in [1.165, 1.54) is 96.3 Å². The molecule has 390 valence electrons. The van der Waals surface area contributed by atoms with Crippen LogP contribution in [0.25, 0.3) is 0 Å². The zero-order valence-electron chi connectivity index (χ0n) is 41.4. The molecule has 12 atom stereocenters. The van der Waals surface area contributed by atoms with E-state index in [1.54, 1.807) is 6.08 Å². The number of hydrogen-bond acceptors (Lipinski definition) is 13. The molecule has 9 N–H and O–H groups in total. The van der Waals surface area contributed by atoms with E-state index in [1.807, 2.05) is 6.08 Å². The normalized spacial score (nSPS) is 27.0. The zero-order valence-corrected chi connectivity index (χ0v) is 41.4. The second-order valence-corrected chi connectivity index (χ2v) is 18.6. The van der Waals surface area contributed by atoms with Crippen LogP contribution in [0.2, 0.25) is 0 Å². The van der Waals surface area contributed by atoms with Crippen LogP contribution in [-0.2, 0) is 23.7 Å². The fourth-order valence-electron chi connectivity index (χ4n) is 8.39. The van der Waals surface area contributed by atoms with Gasteiger partial charge in [0.2, 0.25) is 5.91 Å². The summed E-state index contributed by atoms with van der Waals surface area (Å²) < 4.78 is 22.7. The first-order valence-electron chi connectivity index (χ1n) is 26.4. The molecular formula is C53H95NO13. The summed E-state index contributed by atoms with van der Waals surface area (Å²) in [6.07, 6.45) is 30.0. The Hall–Kier alpha value is -2.05. The van der Waals surface area contributed by atoms with Crippen molar-refractivity contribution in [2.45, 2.75) is 261 Å². The fraction of sp³-hybridized carbons (Fsp3) is 0.830. The molecule has 0 aromatic rings. The van der Waals surface area contributed by atoms with Gasteiger partial charge < -0.3 is 65.1 Å². The molecule has 2 fully saturated rings. The van der Waals surface area contributed by atoms with E-state index in [0.717, 1.165) is 57.8 Å². The first-order chi connectivity index (χ1) is 32.6. The fourth-order valence-corrected chi connectivity index (χ4v) is 8.39. The molecule has 0 spiro atoms. The lowest BCUT2D eigenvalue weighted by molar-refractivity contribution is -0.359. The molecule has 2 saturated heterocycles. The molecule has 2 aliphatic rings. The van der Waals surface area contributed by atoms with Crippen LogP contribution in [0.4, 0.5) is 0 Å².